The summed E-state index contributed by atoms with van der Waals surface area (Å²) in [5.74, 6) is -3.26. The van der Waals surface area contributed by atoms with E-state index in [1.54, 1.807) is 30.3 Å². The molecule has 0 radical (unpaired) electrons. The first-order valence-electron chi connectivity index (χ1n) is 15.5. The van der Waals surface area contributed by atoms with Gasteiger partial charge in [-0.2, -0.15) is 11.8 Å². The van der Waals surface area contributed by atoms with Crippen molar-refractivity contribution in [2.75, 3.05) is 25.2 Å². The molecular weight excluding hydrogens is 636 g/mol. The molecule has 0 aromatic heterocycles. The van der Waals surface area contributed by atoms with Crippen molar-refractivity contribution in [2.45, 2.75) is 49.9 Å². The predicted octanol–water partition coefficient (Wildman–Crippen LogP) is 2.44. The first-order chi connectivity index (χ1) is 23.1. The molecular formula is C35H40N4O8S. The molecule has 1 aliphatic rings. The minimum Gasteiger partial charge on any atom is -0.480 e. The number of carboxylic acids is 1. The molecule has 13 heteroatoms. The molecule has 0 heterocycles. The van der Waals surface area contributed by atoms with Crippen molar-refractivity contribution in [2.24, 2.45) is 0 Å². The number of aliphatic carboxylic acids is 1. The zero-order valence-electron chi connectivity index (χ0n) is 26.7. The number of carbonyl (C=O) groups excluding carboxylic acids is 4. The summed E-state index contributed by atoms with van der Waals surface area (Å²) in [6.45, 7) is 0.635. The standard InChI is InChI=1S/C35H40N4O8S/c1-21(36-35(46)47-20-27-25-14-8-6-12-23(25)24-13-7-9-15-26(24)27)31(41)39-30(19-40)33(43)38-29(18-22-10-4-3-5-11-22)32(42)37-28(34(44)45)16-17-48-2/h3-15,21,27-30,40H,16-20H2,1-2H3,(H,36,46)(H,37,42)(H,38,43)(H,39,41)(H,44,45)/t21-,28-,29-,30-/m0/s1. The second kappa shape index (κ2) is 17.3. The van der Waals surface area contributed by atoms with Gasteiger partial charge in [0.1, 0.15) is 30.8 Å². The largest absolute Gasteiger partial charge is 0.480 e. The number of alkyl carbamates (subject to hydrolysis) is 1. The molecule has 0 fully saturated rings. The Hall–Kier alpha value is -4.88. The number of rotatable bonds is 16. The molecule has 254 valence electrons. The number of thioether (sulfide) groups is 1. The van der Waals surface area contributed by atoms with Gasteiger partial charge in [-0.05, 0) is 53.2 Å². The van der Waals surface area contributed by atoms with Gasteiger partial charge in [-0.25, -0.2) is 9.59 Å². The van der Waals surface area contributed by atoms with Crippen LogP contribution in [0.3, 0.4) is 0 Å². The monoisotopic (exact) mass is 676 g/mol. The molecule has 6 N–H and O–H groups in total. The van der Waals surface area contributed by atoms with Crippen LogP contribution in [0.4, 0.5) is 4.79 Å². The minimum absolute atomic E-state index is 0.0269. The van der Waals surface area contributed by atoms with Crippen LogP contribution in [0, 0.1) is 0 Å². The number of nitrogens with one attached hydrogen (secondary N) is 4. The average Bonchev–Trinajstić information content (AvgIpc) is 3.41. The third kappa shape index (κ3) is 9.35. The van der Waals surface area contributed by atoms with E-state index in [2.05, 4.69) is 21.3 Å². The Kier molecular flexibility index (Phi) is 13.0. The number of amides is 4. The highest BCUT2D eigenvalue weighted by Gasteiger charge is 2.32. The van der Waals surface area contributed by atoms with Gasteiger partial charge in [0.25, 0.3) is 0 Å². The lowest BCUT2D eigenvalue weighted by molar-refractivity contribution is -0.142. The Balaban J connectivity index is 1.34. The van der Waals surface area contributed by atoms with E-state index in [4.69, 9.17) is 4.74 Å². The number of benzene rings is 3. The summed E-state index contributed by atoms with van der Waals surface area (Å²) in [5, 5.41) is 29.4. The molecule has 0 saturated carbocycles. The summed E-state index contributed by atoms with van der Waals surface area (Å²) >= 11 is 1.43. The van der Waals surface area contributed by atoms with E-state index >= 15 is 0 Å². The van der Waals surface area contributed by atoms with Crippen LogP contribution in [-0.4, -0.2) is 89.4 Å². The Morgan fingerprint density at radius 1 is 0.750 bits per heavy atom. The Bertz CT molecular complexity index is 1560. The SMILES string of the molecule is CSCC[C@H](NC(=O)[C@H](Cc1ccccc1)NC(=O)[C@H](CO)NC(=O)[C@H](C)NC(=O)OCC1c2ccccc2-c2ccccc21)C(=O)O. The first kappa shape index (κ1) is 36.0. The number of fused-ring (bicyclic) bond motifs is 3. The quantitative estimate of drug-likeness (QED) is 0.133. The maximum Gasteiger partial charge on any atom is 0.407 e. The predicted molar refractivity (Wildman–Crippen MR) is 181 cm³/mol. The fourth-order valence-corrected chi connectivity index (χ4v) is 5.94. The molecule has 3 aromatic carbocycles. The molecule has 0 bridgehead atoms. The van der Waals surface area contributed by atoms with Crippen molar-refractivity contribution >= 4 is 41.5 Å². The van der Waals surface area contributed by atoms with E-state index in [0.29, 0.717) is 11.3 Å². The van der Waals surface area contributed by atoms with Gasteiger partial charge in [0.05, 0.1) is 6.61 Å². The topological polar surface area (TPSA) is 183 Å². The average molecular weight is 677 g/mol. The van der Waals surface area contributed by atoms with E-state index < -0.39 is 60.6 Å². The van der Waals surface area contributed by atoms with Crippen LogP contribution in [-0.2, 0) is 30.3 Å². The van der Waals surface area contributed by atoms with Gasteiger partial charge >= 0.3 is 12.1 Å². The van der Waals surface area contributed by atoms with Crippen LogP contribution in [0.5, 0.6) is 0 Å². The fraction of sp³-hybridized carbons (Fsp3) is 0.343. The zero-order chi connectivity index (χ0) is 34.6. The van der Waals surface area contributed by atoms with E-state index in [0.717, 1.165) is 22.3 Å². The lowest BCUT2D eigenvalue weighted by Crippen LogP contribution is -2.58. The van der Waals surface area contributed by atoms with Crippen molar-refractivity contribution in [3.63, 3.8) is 0 Å². The van der Waals surface area contributed by atoms with E-state index in [9.17, 15) is 34.2 Å². The van der Waals surface area contributed by atoms with Crippen LogP contribution in [0.25, 0.3) is 11.1 Å². The van der Waals surface area contributed by atoms with Crippen molar-refractivity contribution in [1.29, 1.82) is 0 Å². The maximum absolute atomic E-state index is 13.2. The molecule has 4 amide bonds. The molecule has 0 unspecified atom stereocenters. The summed E-state index contributed by atoms with van der Waals surface area (Å²) in [4.78, 5) is 63.8. The Labute approximate surface area is 283 Å². The fourth-order valence-electron chi connectivity index (χ4n) is 5.47. The first-order valence-corrected chi connectivity index (χ1v) is 16.9. The highest BCUT2D eigenvalue weighted by Crippen LogP contribution is 2.44. The normalized spacial score (nSPS) is 14.3. The van der Waals surface area contributed by atoms with E-state index in [1.807, 2.05) is 54.8 Å². The number of aliphatic hydroxyl groups excluding tert-OH is 1. The number of aliphatic hydroxyl groups is 1. The minimum atomic E-state index is -1.47. The molecule has 12 nitrogen and oxygen atoms in total. The van der Waals surface area contributed by atoms with Crippen molar-refractivity contribution in [3.05, 3.63) is 95.6 Å². The molecule has 48 heavy (non-hydrogen) atoms. The van der Waals surface area contributed by atoms with Crippen LogP contribution >= 0.6 is 11.8 Å². The third-order valence-electron chi connectivity index (χ3n) is 8.03. The summed E-state index contributed by atoms with van der Waals surface area (Å²) in [6, 6.07) is 19.6. The number of ether oxygens (including phenoxy) is 1. The number of carbonyl (C=O) groups is 5. The molecule has 0 aliphatic heterocycles. The van der Waals surface area contributed by atoms with Crippen molar-refractivity contribution < 1.29 is 38.9 Å². The number of hydrogen-bond acceptors (Lipinski definition) is 8. The highest BCUT2D eigenvalue weighted by atomic mass is 32.2. The van der Waals surface area contributed by atoms with Gasteiger partial charge in [0.15, 0.2) is 0 Å². The van der Waals surface area contributed by atoms with Crippen LogP contribution in [0.2, 0.25) is 0 Å². The smallest absolute Gasteiger partial charge is 0.407 e. The van der Waals surface area contributed by atoms with Gasteiger partial charge in [-0.1, -0.05) is 78.9 Å². The van der Waals surface area contributed by atoms with Gasteiger partial charge < -0.3 is 36.2 Å². The molecule has 0 spiro atoms. The molecule has 3 aromatic rings. The van der Waals surface area contributed by atoms with E-state index in [-0.39, 0.29) is 25.4 Å². The molecule has 0 saturated heterocycles. The number of carboxylic acid groups (broad SMARTS) is 1. The van der Waals surface area contributed by atoms with E-state index in [1.165, 1.54) is 18.7 Å². The number of hydrogen-bond donors (Lipinski definition) is 6. The van der Waals surface area contributed by atoms with Gasteiger partial charge in [0, 0.05) is 12.3 Å². The van der Waals surface area contributed by atoms with Gasteiger partial charge in [-0.15, -0.1) is 0 Å². The highest BCUT2D eigenvalue weighted by molar-refractivity contribution is 7.98. The summed E-state index contributed by atoms with van der Waals surface area (Å²) < 4.78 is 5.50. The third-order valence-corrected chi connectivity index (χ3v) is 8.67. The lowest BCUT2D eigenvalue weighted by Gasteiger charge is -2.24. The Morgan fingerprint density at radius 3 is 1.88 bits per heavy atom. The molecule has 4 rings (SSSR count). The zero-order valence-corrected chi connectivity index (χ0v) is 27.5. The van der Waals surface area contributed by atoms with Crippen LogP contribution < -0.4 is 21.3 Å². The van der Waals surface area contributed by atoms with Crippen LogP contribution in [0.15, 0.2) is 78.9 Å². The second-order valence-electron chi connectivity index (χ2n) is 11.4. The summed E-state index contributed by atoms with van der Waals surface area (Å²) in [5.41, 5.74) is 4.91. The summed E-state index contributed by atoms with van der Waals surface area (Å²) in [7, 11) is 0. The van der Waals surface area contributed by atoms with Gasteiger partial charge in [0.2, 0.25) is 17.7 Å². The van der Waals surface area contributed by atoms with Crippen molar-refractivity contribution in [3.8, 4) is 11.1 Å². The van der Waals surface area contributed by atoms with Crippen LogP contribution in [0.1, 0.15) is 36.0 Å². The lowest BCUT2D eigenvalue weighted by atomic mass is 9.98. The summed E-state index contributed by atoms with van der Waals surface area (Å²) in [6.07, 6.45) is 1.19. The second-order valence-corrected chi connectivity index (χ2v) is 12.4. The maximum atomic E-state index is 13.2. The molecule has 4 atom stereocenters. The Morgan fingerprint density at radius 2 is 1.29 bits per heavy atom. The van der Waals surface area contributed by atoms with Crippen molar-refractivity contribution in [1.82, 2.24) is 21.3 Å². The van der Waals surface area contributed by atoms with Gasteiger partial charge in [-0.3, -0.25) is 14.4 Å². The molecule has 1 aliphatic carbocycles.